The molecule has 2 rings (SSSR count). The maximum atomic E-state index is 12.6. The minimum Gasteiger partial charge on any atom is -0.475 e. The summed E-state index contributed by atoms with van der Waals surface area (Å²) in [6.45, 7) is 1.20. The first-order valence-electron chi connectivity index (χ1n) is 7.32. The SMILES string of the molecule is Cc1cc(Br)ccc1-n1cnn(CC(CN)=C(F)F)c1=O.O=C(O)C(F)(F)F. The highest BCUT2D eigenvalue weighted by Crippen LogP contribution is 2.18. The van der Waals surface area contributed by atoms with Crippen molar-refractivity contribution >= 4 is 21.9 Å². The van der Waals surface area contributed by atoms with E-state index in [4.69, 9.17) is 15.6 Å². The lowest BCUT2D eigenvalue weighted by molar-refractivity contribution is -0.192. The first-order chi connectivity index (χ1) is 12.9. The van der Waals surface area contributed by atoms with Crippen LogP contribution in [0.1, 0.15) is 5.56 Å². The average Bonchev–Trinajstić information content (AvgIpc) is 2.92. The fourth-order valence-electron chi connectivity index (χ4n) is 1.88. The van der Waals surface area contributed by atoms with E-state index < -0.39 is 23.9 Å². The Kier molecular flexibility index (Phi) is 8.05. The van der Waals surface area contributed by atoms with Gasteiger partial charge in [0.25, 0.3) is 6.08 Å². The number of aromatic nitrogens is 3. The van der Waals surface area contributed by atoms with Gasteiger partial charge in [-0.3, -0.25) is 0 Å². The van der Waals surface area contributed by atoms with Gasteiger partial charge in [-0.05, 0) is 30.7 Å². The van der Waals surface area contributed by atoms with E-state index in [1.54, 1.807) is 12.1 Å². The Morgan fingerprint density at radius 2 is 1.89 bits per heavy atom. The molecule has 0 fully saturated rings. The van der Waals surface area contributed by atoms with Gasteiger partial charge in [0, 0.05) is 16.6 Å². The standard InChI is InChI=1S/C13H13BrF2N4O.C2HF3O2/c1-8-4-10(14)2-3-11(8)19-7-18-20(13(19)21)6-9(5-17)12(15)16;3-2(4,5)1(6)7/h2-4,7H,5-6,17H2,1H3;(H,6,7). The summed E-state index contributed by atoms with van der Waals surface area (Å²) in [5, 5.41) is 11.0. The van der Waals surface area contributed by atoms with Gasteiger partial charge in [0.05, 0.1) is 12.2 Å². The molecule has 0 aliphatic carbocycles. The van der Waals surface area contributed by atoms with E-state index >= 15 is 0 Å². The van der Waals surface area contributed by atoms with Gasteiger partial charge in [-0.15, -0.1) is 0 Å². The zero-order valence-corrected chi connectivity index (χ0v) is 15.8. The molecule has 1 heterocycles. The second-order valence-corrected chi connectivity index (χ2v) is 6.16. The zero-order chi connectivity index (χ0) is 21.6. The Hall–Kier alpha value is -2.54. The van der Waals surface area contributed by atoms with Crippen molar-refractivity contribution in [2.24, 2.45) is 5.73 Å². The molecule has 28 heavy (non-hydrogen) atoms. The second kappa shape index (κ2) is 9.59. The lowest BCUT2D eigenvalue weighted by Gasteiger charge is -2.06. The third kappa shape index (κ3) is 6.27. The number of benzene rings is 1. The number of rotatable bonds is 4. The Balaban J connectivity index is 0.000000480. The highest BCUT2D eigenvalue weighted by molar-refractivity contribution is 9.10. The van der Waals surface area contributed by atoms with Crippen molar-refractivity contribution in [1.82, 2.24) is 14.3 Å². The van der Waals surface area contributed by atoms with Crippen LogP contribution in [-0.4, -0.2) is 38.1 Å². The van der Waals surface area contributed by atoms with Gasteiger partial charge in [-0.1, -0.05) is 15.9 Å². The van der Waals surface area contributed by atoms with Gasteiger partial charge < -0.3 is 10.8 Å². The maximum absolute atomic E-state index is 12.6. The van der Waals surface area contributed by atoms with Crippen LogP contribution < -0.4 is 11.4 Å². The monoisotopic (exact) mass is 472 g/mol. The molecule has 0 spiro atoms. The highest BCUT2D eigenvalue weighted by Gasteiger charge is 2.38. The summed E-state index contributed by atoms with van der Waals surface area (Å²) in [4.78, 5) is 21.1. The largest absolute Gasteiger partial charge is 0.490 e. The van der Waals surface area contributed by atoms with Crippen molar-refractivity contribution in [3.05, 3.63) is 56.7 Å². The van der Waals surface area contributed by atoms with Crippen LogP contribution in [-0.2, 0) is 11.3 Å². The molecule has 0 radical (unpaired) electrons. The van der Waals surface area contributed by atoms with Crippen molar-refractivity contribution in [1.29, 1.82) is 0 Å². The van der Waals surface area contributed by atoms with Crippen molar-refractivity contribution in [2.45, 2.75) is 19.6 Å². The van der Waals surface area contributed by atoms with Crippen molar-refractivity contribution in [2.75, 3.05) is 6.54 Å². The Morgan fingerprint density at radius 1 is 1.32 bits per heavy atom. The molecule has 0 saturated heterocycles. The molecule has 13 heteroatoms. The van der Waals surface area contributed by atoms with Crippen molar-refractivity contribution < 1.29 is 31.9 Å². The van der Waals surface area contributed by atoms with Crippen LogP contribution in [0, 0.1) is 6.92 Å². The third-order valence-corrected chi connectivity index (χ3v) is 3.74. The predicted octanol–water partition coefficient (Wildman–Crippen LogP) is 2.85. The fraction of sp³-hybridized carbons (Fsp3) is 0.267. The van der Waals surface area contributed by atoms with E-state index in [1.165, 1.54) is 10.9 Å². The Labute approximate surface area is 163 Å². The molecule has 0 atom stereocenters. The molecule has 0 saturated carbocycles. The summed E-state index contributed by atoms with van der Waals surface area (Å²) in [5.41, 5.74) is 5.94. The summed E-state index contributed by atoms with van der Waals surface area (Å²) in [6, 6.07) is 5.40. The molecular weight excluding hydrogens is 459 g/mol. The average molecular weight is 473 g/mol. The molecule has 7 nitrogen and oxygen atoms in total. The quantitative estimate of drug-likeness (QED) is 0.666. The van der Waals surface area contributed by atoms with E-state index in [-0.39, 0.29) is 18.7 Å². The molecule has 0 aliphatic rings. The molecular formula is C15H14BrF5N4O3. The van der Waals surface area contributed by atoms with Gasteiger partial charge in [-0.25, -0.2) is 18.8 Å². The van der Waals surface area contributed by atoms with Crippen LogP contribution in [0.15, 0.2) is 45.4 Å². The van der Waals surface area contributed by atoms with Gasteiger partial charge in [0.15, 0.2) is 0 Å². The van der Waals surface area contributed by atoms with Gasteiger partial charge in [0.2, 0.25) is 0 Å². The minimum absolute atomic E-state index is 0.310. The van der Waals surface area contributed by atoms with Crippen LogP contribution >= 0.6 is 15.9 Å². The lowest BCUT2D eigenvalue weighted by Crippen LogP contribution is -2.26. The number of carbonyl (C=O) groups is 1. The highest BCUT2D eigenvalue weighted by atomic mass is 79.9. The number of halogens is 6. The molecule has 0 amide bonds. The smallest absolute Gasteiger partial charge is 0.475 e. The molecule has 1 aromatic heterocycles. The number of hydrogen-bond donors (Lipinski definition) is 2. The van der Waals surface area contributed by atoms with Crippen LogP contribution in [0.2, 0.25) is 0 Å². The van der Waals surface area contributed by atoms with Crippen LogP contribution in [0.3, 0.4) is 0 Å². The van der Waals surface area contributed by atoms with Gasteiger partial charge in [0.1, 0.15) is 6.33 Å². The number of alkyl halides is 3. The second-order valence-electron chi connectivity index (χ2n) is 5.24. The number of aliphatic carboxylic acids is 1. The number of aryl methyl sites for hydroxylation is 1. The van der Waals surface area contributed by atoms with Crippen LogP contribution in [0.5, 0.6) is 0 Å². The molecule has 1 aromatic carbocycles. The molecule has 0 bridgehead atoms. The third-order valence-electron chi connectivity index (χ3n) is 3.25. The van der Waals surface area contributed by atoms with Crippen LogP contribution in [0.4, 0.5) is 22.0 Å². The molecule has 3 N–H and O–H groups in total. The summed E-state index contributed by atoms with van der Waals surface area (Å²) >= 11 is 3.34. The molecule has 154 valence electrons. The van der Waals surface area contributed by atoms with E-state index in [9.17, 15) is 26.7 Å². The number of carboxylic acids is 1. The Morgan fingerprint density at radius 3 is 2.32 bits per heavy atom. The normalized spacial score (nSPS) is 10.9. The maximum Gasteiger partial charge on any atom is 0.490 e. The van der Waals surface area contributed by atoms with E-state index in [1.807, 2.05) is 13.0 Å². The number of hydrogen-bond acceptors (Lipinski definition) is 4. The first kappa shape index (κ1) is 23.5. The van der Waals surface area contributed by atoms with Gasteiger partial charge >= 0.3 is 17.8 Å². The summed E-state index contributed by atoms with van der Waals surface area (Å²) in [5.74, 6) is -2.76. The number of nitrogens with two attached hydrogens (primary N) is 1. The summed E-state index contributed by atoms with van der Waals surface area (Å²) in [6.07, 6.45) is -5.65. The van der Waals surface area contributed by atoms with E-state index in [0.717, 1.165) is 14.7 Å². The zero-order valence-electron chi connectivity index (χ0n) is 14.2. The minimum atomic E-state index is -5.08. The first-order valence-corrected chi connectivity index (χ1v) is 8.12. The van der Waals surface area contributed by atoms with E-state index in [0.29, 0.717) is 5.69 Å². The predicted molar refractivity (Wildman–Crippen MR) is 92.2 cm³/mol. The molecule has 2 aromatic rings. The van der Waals surface area contributed by atoms with Crippen LogP contribution in [0.25, 0.3) is 5.69 Å². The summed E-state index contributed by atoms with van der Waals surface area (Å²) < 4.78 is 60.1. The lowest BCUT2D eigenvalue weighted by atomic mass is 10.2. The summed E-state index contributed by atoms with van der Waals surface area (Å²) in [7, 11) is 0. The fourth-order valence-corrected chi connectivity index (χ4v) is 2.36. The number of carboxylic acid groups (broad SMARTS) is 1. The number of nitrogens with zero attached hydrogens (tertiary/aromatic N) is 3. The van der Waals surface area contributed by atoms with Crippen molar-refractivity contribution in [3.63, 3.8) is 0 Å². The van der Waals surface area contributed by atoms with E-state index in [2.05, 4.69) is 21.0 Å². The molecule has 0 unspecified atom stereocenters. The Bertz CT molecular complexity index is 932. The van der Waals surface area contributed by atoms with Gasteiger partial charge in [-0.2, -0.15) is 27.1 Å². The van der Waals surface area contributed by atoms with Crippen molar-refractivity contribution in [3.8, 4) is 5.69 Å². The molecule has 0 aliphatic heterocycles. The topological polar surface area (TPSA) is 103 Å².